The van der Waals surface area contributed by atoms with Gasteiger partial charge in [-0.05, 0) is 19.4 Å². The van der Waals surface area contributed by atoms with Gasteiger partial charge in [0.15, 0.2) is 0 Å². The summed E-state index contributed by atoms with van der Waals surface area (Å²) in [5.74, 6) is 1.19. The van der Waals surface area contributed by atoms with Crippen LogP contribution >= 0.6 is 11.6 Å². The highest BCUT2D eigenvalue weighted by Gasteiger charge is 2.14. The maximum Gasteiger partial charge on any atom is 0.255 e. The quantitative estimate of drug-likeness (QED) is 0.789. The van der Waals surface area contributed by atoms with Crippen LogP contribution in [0.25, 0.3) is 0 Å². The molecule has 1 unspecified atom stereocenters. The normalized spacial score (nSPS) is 12.5. The third-order valence-electron chi connectivity index (χ3n) is 2.23. The van der Waals surface area contributed by atoms with Crippen LogP contribution in [0.2, 0.25) is 0 Å². The zero-order valence-electron chi connectivity index (χ0n) is 9.05. The van der Waals surface area contributed by atoms with E-state index in [0.717, 1.165) is 18.6 Å². The predicted octanol–water partition coefficient (Wildman–Crippen LogP) is 2.59. The summed E-state index contributed by atoms with van der Waals surface area (Å²) < 4.78 is 5.19. The predicted molar refractivity (Wildman–Crippen MR) is 60.4 cm³/mol. The lowest BCUT2D eigenvalue weighted by atomic mass is 10.2. The van der Waals surface area contributed by atoms with E-state index < -0.39 is 0 Å². The fraction of sp³-hybridized carbons (Fsp3) is 0.545. The maximum absolute atomic E-state index is 11.8. The molecule has 84 valence electrons. The molecule has 1 aromatic rings. The number of carbonyl (C=O) groups is 1. The van der Waals surface area contributed by atoms with Gasteiger partial charge in [0.05, 0.1) is 11.8 Å². The van der Waals surface area contributed by atoms with E-state index in [1.807, 2.05) is 13.8 Å². The highest BCUT2D eigenvalue weighted by atomic mass is 35.5. The SMILES string of the molecule is CCc1occc1C(=O)NC(C)CCCl. The molecular formula is C11H16ClNO2. The highest BCUT2D eigenvalue weighted by Crippen LogP contribution is 2.11. The van der Waals surface area contributed by atoms with Crippen LogP contribution in [0.4, 0.5) is 0 Å². The smallest absolute Gasteiger partial charge is 0.255 e. The lowest BCUT2D eigenvalue weighted by Crippen LogP contribution is -2.33. The van der Waals surface area contributed by atoms with Gasteiger partial charge in [0.1, 0.15) is 5.76 Å². The van der Waals surface area contributed by atoms with E-state index in [0.29, 0.717) is 11.4 Å². The third kappa shape index (κ3) is 3.27. The lowest BCUT2D eigenvalue weighted by Gasteiger charge is -2.11. The van der Waals surface area contributed by atoms with E-state index in [4.69, 9.17) is 16.0 Å². The summed E-state index contributed by atoms with van der Waals surface area (Å²) in [6, 6.07) is 1.79. The first-order chi connectivity index (χ1) is 7.19. The summed E-state index contributed by atoms with van der Waals surface area (Å²) in [5, 5.41) is 2.87. The molecule has 0 aliphatic rings. The average molecular weight is 230 g/mol. The Morgan fingerprint density at radius 3 is 3.00 bits per heavy atom. The first-order valence-corrected chi connectivity index (χ1v) is 5.65. The molecule has 0 aliphatic heterocycles. The molecule has 3 nitrogen and oxygen atoms in total. The Morgan fingerprint density at radius 1 is 1.67 bits per heavy atom. The van der Waals surface area contributed by atoms with Crippen LogP contribution in [-0.4, -0.2) is 17.8 Å². The molecule has 4 heteroatoms. The zero-order valence-corrected chi connectivity index (χ0v) is 9.80. The number of nitrogens with one attached hydrogen (secondary N) is 1. The van der Waals surface area contributed by atoms with Crippen LogP contribution in [0, 0.1) is 0 Å². The molecule has 0 radical (unpaired) electrons. The molecule has 15 heavy (non-hydrogen) atoms. The molecule has 0 fully saturated rings. The Kier molecular flexibility index (Phi) is 4.69. The number of hydrogen-bond acceptors (Lipinski definition) is 2. The van der Waals surface area contributed by atoms with Gasteiger partial charge in [-0.15, -0.1) is 11.6 Å². The minimum atomic E-state index is -0.0850. The number of amides is 1. The van der Waals surface area contributed by atoms with Crippen molar-refractivity contribution in [1.29, 1.82) is 0 Å². The van der Waals surface area contributed by atoms with E-state index >= 15 is 0 Å². The number of alkyl halides is 1. The summed E-state index contributed by atoms with van der Waals surface area (Å²) in [6.07, 6.45) is 3.03. The minimum Gasteiger partial charge on any atom is -0.469 e. The van der Waals surface area contributed by atoms with Gasteiger partial charge in [-0.2, -0.15) is 0 Å². The molecule has 0 aliphatic carbocycles. The number of aryl methyl sites for hydroxylation is 1. The number of hydrogen-bond donors (Lipinski definition) is 1. The van der Waals surface area contributed by atoms with Crippen molar-refractivity contribution in [3.8, 4) is 0 Å². The van der Waals surface area contributed by atoms with Gasteiger partial charge in [0.25, 0.3) is 5.91 Å². The zero-order chi connectivity index (χ0) is 11.3. The Labute approximate surface area is 94.8 Å². The van der Waals surface area contributed by atoms with Crippen molar-refractivity contribution in [2.45, 2.75) is 32.7 Å². The molecule has 0 aromatic carbocycles. The number of halogens is 1. The fourth-order valence-corrected chi connectivity index (χ4v) is 1.68. The lowest BCUT2D eigenvalue weighted by molar-refractivity contribution is 0.0937. The molecule has 1 amide bonds. The summed E-state index contributed by atoms with van der Waals surface area (Å²) in [6.45, 7) is 3.89. The van der Waals surface area contributed by atoms with Crippen LogP contribution in [0.15, 0.2) is 16.7 Å². The van der Waals surface area contributed by atoms with Crippen LogP contribution in [-0.2, 0) is 6.42 Å². The molecular weight excluding hydrogens is 214 g/mol. The highest BCUT2D eigenvalue weighted by molar-refractivity contribution is 6.17. The van der Waals surface area contributed by atoms with Crippen LogP contribution < -0.4 is 5.32 Å². The molecule has 0 bridgehead atoms. The third-order valence-corrected chi connectivity index (χ3v) is 2.45. The Hall–Kier alpha value is -0.960. The topological polar surface area (TPSA) is 42.2 Å². The minimum absolute atomic E-state index is 0.0850. The summed E-state index contributed by atoms with van der Waals surface area (Å²) in [7, 11) is 0. The maximum atomic E-state index is 11.8. The molecule has 0 saturated carbocycles. The molecule has 1 rings (SSSR count). The van der Waals surface area contributed by atoms with E-state index in [-0.39, 0.29) is 11.9 Å². The van der Waals surface area contributed by atoms with Crippen LogP contribution in [0.5, 0.6) is 0 Å². The summed E-state index contributed by atoms with van der Waals surface area (Å²) in [5.41, 5.74) is 0.624. The molecule has 1 heterocycles. The second-order valence-corrected chi connectivity index (χ2v) is 3.84. The van der Waals surface area contributed by atoms with Gasteiger partial charge in [-0.1, -0.05) is 6.92 Å². The van der Waals surface area contributed by atoms with E-state index in [2.05, 4.69) is 5.32 Å². The largest absolute Gasteiger partial charge is 0.469 e. The van der Waals surface area contributed by atoms with Gasteiger partial charge in [-0.3, -0.25) is 4.79 Å². The van der Waals surface area contributed by atoms with Crippen molar-refractivity contribution < 1.29 is 9.21 Å². The molecule has 0 spiro atoms. The Bertz CT molecular complexity index is 322. The van der Waals surface area contributed by atoms with Crippen molar-refractivity contribution in [2.24, 2.45) is 0 Å². The summed E-state index contributed by atoms with van der Waals surface area (Å²) >= 11 is 5.59. The van der Waals surface area contributed by atoms with E-state index in [9.17, 15) is 4.79 Å². The van der Waals surface area contributed by atoms with Crippen molar-refractivity contribution >= 4 is 17.5 Å². The number of carbonyl (C=O) groups excluding carboxylic acids is 1. The Balaban J connectivity index is 2.61. The van der Waals surface area contributed by atoms with Crippen molar-refractivity contribution in [3.63, 3.8) is 0 Å². The number of rotatable bonds is 5. The van der Waals surface area contributed by atoms with E-state index in [1.165, 1.54) is 0 Å². The molecule has 1 aromatic heterocycles. The van der Waals surface area contributed by atoms with Crippen molar-refractivity contribution in [3.05, 3.63) is 23.7 Å². The van der Waals surface area contributed by atoms with Gasteiger partial charge in [-0.25, -0.2) is 0 Å². The summed E-state index contributed by atoms with van der Waals surface area (Å²) in [4.78, 5) is 11.8. The van der Waals surface area contributed by atoms with E-state index in [1.54, 1.807) is 12.3 Å². The molecule has 1 atom stereocenters. The second kappa shape index (κ2) is 5.81. The first-order valence-electron chi connectivity index (χ1n) is 5.12. The molecule has 1 N–H and O–H groups in total. The average Bonchev–Trinajstić information content (AvgIpc) is 2.65. The van der Waals surface area contributed by atoms with Crippen molar-refractivity contribution in [1.82, 2.24) is 5.32 Å². The van der Waals surface area contributed by atoms with Crippen LogP contribution in [0.1, 0.15) is 36.4 Å². The van der Waals surface area contributed by atoms with Gasteiger partial charge < -0.3 is 9.73 Å². The van der Waals surface area contributed by atoms with Gasteiger partial charge in [0, 0.05) is 18.3 Å². The van der Waals surface area contributed by atoms with Gasteiger partial charge >= 0.3 is 0 Å². The Morgan fingerprint density at radius 2 is 2.40 bits per heavy atom. The monoisotopic (exact) mass is 229 g/mol. The number of furan rings is 1. The van der Waals surface area contributed by atoms with Gasteiger partial charge in [0.2, 0.25) is 0 Å². The van der Waals surface area contributed by atoms with Crippen molar-refractivity contribution in [2.75, 3.05) is 5.88 Å². The second-order valence-electron chi connectivity index (χ2n) is 3.46. The standard InChI is InChI=1S/C11H16ClNO2/c1-3-10-9(5-7-15-10)11(14)13-8(2)4-6-12/h5,7-8H,3-4,6H2,1-2H3,(H,13,14). The first kappa shape index (κ1) is 12.1. The fourth-order valence-electron chi connectivity index (χ4n) is 1.35. The molecule has 0 saturated heterocycles. The van der Waals surface area contributed by atoms with Crippen LogP contribution in [0.3, 0.4) is 0 Å².